The summed E-state index contributed by atoms with van der Waals surface area (Å²) in [6.45, 7) is 1.68. The molecule has 0 saturated carbocycles. The van der Waals surface area contributed by atoms with Crippen molar-refractivity contribution < 1.29 is 4.74 Å². The lowest BCUT2D eigenvalue weighted by atomic mass is 10.1. The minimum absolute atomic E-state index is 0. The largest absolute Gasteiger partial charge is 0.493 e. The van der Waals surface area contributed by atoms with Crippen molar-refractivity contribution in [3.05, 3.63) is 85.2 Å². The Morgan fingerprint density at radius 1 is 0.778 bits per heavy atom. The topological polar surface area (TPSA) is 27.1 Å². The van der Waals surface area contributed by atoms with E-state index in [4.69, 9.17) is 4.74 Å². The van der Waals surface area contributed by atoms with Crippen LogP contribution >= 0.6 is 12.4 Å². The zero-order chi connectivity index (χ0) is 17.6. The third-order valence-corrected chi connectivity index (χ3v) is 4.55. The number of hydrogen-bond acceptors (Lipinski definition) is 2. The molecule has 0 aliphatic carbocycles. The maximum Gasteiger partial charge on any atom is 0.127 e. The average molecular weight is 379 g/mol. The number of nitrogens with zero attached hydrogens (tertiary/aromatic N) is 2. The summed E-state index contributed by atoms with van der Waals surface area (Å²) >= 11 is 0. The van der Waals surface area contributed by atoms with Gasteiger partial charge in [0.2, 0.25) is 0 Å². The van der Waals surface area contributed by atoms with E-state index in [1.54, 1.807) is 0 Å². The van der Waals surface area contributed by atoms with Crippen LogP contribution in [-0.2, 0) is 6.54 Å². The van der Waals surface area contributed by atoms with Crippen LogP contribution in [0.1, 0.15) is 12.8 Å². The lowest BCUT2D eigenvalue weighted by Gasteiger charge is -2.12. The SMILES string of the molecule is Cl.c1ccc(-c2ccccc2OCCCCn2cnc3ccccc32)cc1. The van der Waals surface area contributed by atoms with E-state index in [0.29, 0.717) is 0 Å². The maximum absolute atomic E-state index is 6.07. The Labute approximate surface area is 166 Å². The van der Waals surface area contributed by atoms with E-state index in [0.717, 1.165) is 42.8 Å². The van der Waals surface area contributed by atoms with Crippen LogP contribution in [0, 0.1) is 0 Å². The molecular weight excluding hydrogens is 356 g/mol. The predicted octanol–water partition coefficient (Wildman–Crippen LogP) is 5.98. The van der Waals surface area contributed by atoms with Gasteiger partial charge in [-0.3, -0.25) is 0 Å². The van der Waals surface area contributed by atoms with E-state index in [2.05, 4.69) is 64.1 Å². The standard InChI is InChI=1S/C23H22N2O.ClH/c1-2-10-19(11-3-1)20-12-4-7-15-23(20)26-17-9-8-16-25-18-24-21-13-5-6-14-22(21)25;/h1-7,10-15,18H,8-9,16-17H2;1H. The highest BCUT2D eigenvalue weighted by molar-refractivity contribution is 5.85. The van der Waals surface area contributed by atoms with Crippen molar-refractivity contribution in [2.24, 2.45) is 0 Å². The van der Waals surface area contributed by atoms with E-state index >= 15 is 0 Å². The number of benzene rings is 3. The molecule has 0 bridgehead atoms. The number of para-hydroxylation sites is 3. The second-order valence-corrected chi connectivity index (χ2v) is 6.34. The molecule has 0 amide bonds. The number of hydrogen-bond donors (Lipinski definition) is 0. The quantitative estimate of drug-likeness (QED) is 0.369. The highest BCUT2D eigenvalue weighted by Gasteiger charge is 2.05. The van der Waals surface area contributed by atoms with E-state index in [1.165, 1.54) is 11.1 Å². The normalized spacial score (nSPS) is 10.5. The molecule has 0 saturated heterocycles. The van der Waals surface area contributed by atoms with Crippen LogP contribution < -0.4 is 4.74 Å². The summed E-state index contributed by atoms with van der Waals surface area (Å²) in [5.41, 5.74) is 4.59. The van der Waals surface area contributed by atoms with Gasteiger partial charge in [-0.15, -0.1) is 12.4 Å². The summed E-state index contributed by atoms with van der Waals surface area (Å²) < 4.78 is 8.29. The maximum atomic E-state index is 6.07. The molecule has 138 valence electrons. The van der Waals surface area contributed by atoms with E-state index in [-0.39, 0.29) is 12.4 Å². The van der Waals surface area contributed by atoms with E-state index in [9.17, 15) is 0 Å². The second-order valence-electron chi connectivity index (χ2n) is 6.34. The van der Waals surface area contributed by atoms with Gasteiger partial charge in [0.05, 0.1) is 24.0 Å². The van der Waals surface area contributed by atoms with Gasteiger partial charge in [0.1, 0.15) is 5.75 Å². The molecule has 0 aliphatic heterocycles. The number of ether oxygens (including phenoxy) is 1. The fourth-order valence-electron chi connectivity index (χ4n) is 3.20. The smallest absolute Gasteiger partial charge is 0.127 e. The van der Waals surface area contributed by atoms with Crippen LogP contribution in [0.3, 0.4) is 0 Å². The van der Waals surface area contributed by atoms with Crippen LogP contribution in [0.2, 0.25) is 0 Å². The monoisotopic (exact) mass is 378 g/mol. The van der Waals surface area contributed by atoms with Crippen molar-refractivity contribution >= 4 is 23.4 Å². The van der Waals surface area contributed by atoms with Crippen LogP contribution in [0.5, 0.6) is 5.75 Å². The van der Waals surface area contributed by atoms with Crippen molar-refractivity contribution in [3.8, 4) is 16.9 Å². The van der Waals surface area contributed by atoms with Gasteiger partial charge in [-0.1, -0.05) is 60.7 Å². The third-order valence-electron chi connectivity index (χ3n) is 4.55. The van der Waals surface area contributed by atoms with Gasteiger partial charge in [-0.05, 0) is 36.6 Å². The lowest BCUT2D eigenvalue weighted by molar-refractivity contribution is 0.304. The Morgan fingerprint density at radius 2 is 1.52 bits per heavy atom. The predicted molar refractivity (Wildman–Crippen MR) is 114 cm³/mol. The second kappa shape index (κ2) is 9.24. The van der Waals surface area contributed by atoms with Gasteiger partial charge < -0.3 is 9.30 Å². The number of aryl methyl sites for hydroxylation is 1. The molecule has 0 spiro atoms. The molecule has 3 nitrogen and oxygen atoms in total. The van der Waals surface area contributed by atoms with Crippen molar-refractivity contribution in [3.63, 3.8) is 0 Å². The first-order valence-electron chi connectivity index (χ1n) is 9.09. The summed E-state index contributed by atoms with van der Waals surface area (Å²) in [7, 11) is 0. The number of fused-ring (bicyclic) bond motifs is 1. The van der Waals surface area contributed by atoms with Gasteiger partial charge in [0.15, 0.2) is 0 Å². The van der Waals surface area contributed by atoms with Crippen molar-refractivity contribution in [1.29, 1.82) is 0 Å². The minimum atomic E-state index is 0. The zero-order valence-corrected chi connectivity index (χ0v) is 15.9. The summed E-state index contributed by atoms with van der Waals surface area (Å²) in [6, 6.07) is 26.9. The van der Waals surface area contributed by atoms with Gasteiger partial charge in [-0.25, -0.2) is 4.98 Å². The van der Waals surface area contributed by atoms with Crippen LogP contribution in [0.25, 0.3) is 22.2 Å². The summed E-state index contributed by atoms with van der Waals surface area (Å²) in [5, 5.41) is 0. The summed E-state index contributed by atoms with van der Waals surface area (Å²) in [4.78, 5) is 4.44. The zero-order valence-electron chi connectivity index (χ0n) is 15.1. The van der Waals surface area contributed by atoms with Crippen LogP contribution in [0.4, 0.5) is 0 Å². The Kier molecular flexibility index (Phi) is 6.50. The number of aromatic nitrogens is 2. The van der Waals surface area contributed by atoms with Gasteiger partial charge in [0, 0.05) is 12.1 Å². The molecule has 4 heteroatoms. The summed E-state index contributed by atoms with van der Waals surface area (Å²) in [6.07, 6.45) is 4.00. The molecule has 0 N–H and O–H groups in total. The molecular formula is C23H23ClN2O. The molecule has 0 fully saturated rings. The fraction of sp³-hybridized carbons (Fsp3) is 0.174. The molecule has 1 aromatic heterocycles. The van der Waals surface area contributed by atoms with Crippen molar-refractivity contribution in [1.82, 2.24) is 9.55 Å². The number of rotatable bonds is 7. The molecule has 1 heterocycles. The Balaban J connectivity index is 0.00000210. The lowest BCUT2D eigenvalue weighted by Crippen LogP contribution is -2.02. The molecule has 27 heavy (non-hydrogen) atoms. The Hall–Kier alpha value is -2.78. The molecule has 0 aliphatic rings. The first kappa shape index (κ1) is 19.0. The van der Waals surface area contributed by atoms with E-state index < -0.39 is 0 Å². The number of halogens is 1. The molecule has 0 radical (unpaired) electrons. The van der Waals surface area contributed by atoms with Crippen molar-refractivity contribution in [2.75, 3.05) is 6.61 Å². The van der Waals surface area contributed by atoms with Gasteiger partial charge >= 0.3 is 0 Å². The fourth-order valence-corrected chi connectivity index (χ4v) is 3.20. The van der Waals surface area contributed by atoms with Crippen molar-refractivity contribution in [2.45, 2.75) is 19.4 Å². The molecule has 3 aromatic carbocycles. The molecule has 4 aromatic rings. The highest BCUT2D eigenvalue weighted by Crippen LogP contribution is 2.29. The molecule has 0 atom stereocenters. The highest BCUT2D eigenvalue weighted by atomic mass is 35.5. The summed E-state index contributed by atoms with van der Waals surface area (Å²) in [5.74, 6) is 0.951. The first-order chi connectivity index (χ1) is 12.9. The van der Waals surface area contributed by atoms with Crippen LogP contribution in [-0.4, -0.2) is 16.2 Å². The third kappa shape index (κ3) is 4.50. The first-order valence-corrected chi connectivity index (χ1v) is 9.09. The Morgan fingerprint density at radius 3 is 2.41 bits per heavy atom. The number of imidazole rings is 1. The Bertz CT molecular complexity index is 982. The molecule has 0 unspecified atom stereocenters. The van der Waals surface area contributed by atoms with E-state index in [1.807, 2.05) is 30.6 Å². The van der Waals surface area contributed by atoms with Crippen LogP contribution in [0.15, 0.2) is 85.2 Å². The number of unbranched alkanes of at least 4 members (excludes halogenated alkanes) is 1. The minimum Gasteiger partial charge on any atom is -0.493 e. The van der Waals surface area contributed by atoms with Gasteiger partial charge in [-0.2, -0.15) is 0 Å². The molecule has 4 rings (SSSR count). The van der Waals surface area contributed by atoms with Gasteiger partial charge in [0.25, 0.3) is 0 Å². The average Bonchev–Trinajstić information content (AvgIpc) is 3.12.